The first-order valence-corrected chi connectivity index (χ1v) is 30.5. The number of benzene rings is 2. The first-order valence-electron chi connectivity index (χ1n) is 29.8. The Morgan fingerprint density at radius 1 is 0.733 bits per heavy atom. The molecule has 0 fully saturated rings. The summed E-state index contributed by atoms with van der Waals surface area (Å²) in [5.74, 6) is 0.249. The Bertz CT molecular complexity index is 2350. The van der Waals surface area contributed by atoms with E-state index in [9.17, 15) is 20.0 Å². The number of pyridine rings is 1. The van der Waals surface area contributed by atoms with Crippen molar-refractivity contribution in [2.45, 2.75) is 248 Å². The molecule has 2 heterocycles. The fourth-order valence-electron chi connectivity index (χ4n) is 10.4. The fourth-order valence-corrected chi connectivity index (χ4v) is 11.2. The van der Waals surface area contributed by atoms with Crippen LogP contribution in [0.4, 0.5) is 33.4 Å². The quantitative estimate of drug-likeness (QED) is 0.0334. The number of aromatic nitrogens is 2. The molecule has 2 aromatic heterocycles. The lowest BCUT2D eigenvalue weighted by atomic mass is 9.97. The Kier molecular flexibility index (Phi) is 30.1. The van der Waals surface area contributed by atoms with Gasteiger partial charge in [0.1, 0.15) is 22.3 Å². The average Bonchev–Trinajstić information content (AvgIpc) is 3.76. The Balaban J connectivity index is 1.51. The third kappa shape index (κ3) is 21.5. The van der Waals surface area contributed by atoms with E-state index in [1.165, 1.54) is 111 Å². The average molecular weight is 1050 g/mol. The smallest absolute Gasteiger partial charge is 0.253 e. The van der Waals surface area contributed by atoms with Gasteiger partial charge in [0.2, 0.25) is 11.8 Å². The number of hydrogen-bond acceptors (Lipinski definition) is 10. The van der Waals surface area contributed by atoms with E-state index in [1.54, 1.807) is 19.9 Å². The predicted octanol–water partition coefficient (Wildman–Crippen LogP) is 18.7. The summed E-state index contributed by atoms with van der Waals surface area (Å²) in [6, 6.07) is 18.8. The summed E-state index contributed by atoms with van der Waals surface area (Å²) in [4.78, 5) is 31.9. The maximum atomic E-state index is 14.3. The zero-order chi connectivity index (χ0) is 54.2. The molecule has 0 saturated carbocycles. The number of anilines is 4. The number of hydrogen-bond donors (Lipinski definition) is 2. The fraction of sp³-hybridized carbons (Fsp3) is 0.651. The van der Waals surface area contributed by atoms with Gasteiger partial charge in [0.15, 0.2) is 0 Å². The van der Waals surface area contributed by atoms with Crippen molar-refractivity contribution in [3.05, 3.63) is 81.3 Å². The first kappa shape index (κ1) is 62.5. The van der Waals surface area contributed by atoms with Gasteiger partial charge in [-0.05, 0) is 118 Å². The van der Waals surface area contributed by atoms with Gasteiger partial charge < -0.3 is 20.2 Å². The van der Waals surface area contributed by atoms with E-state index in [4.69, 9.17) is 0 Å². The number of carbonyl (C=O) groups is 1. The van der Waals surface area contributed by atoms with E-state index in [-0.39, 0.29) is 23.4 Å². The molecule has 0 radical (unpaired) electrons. The van der Waals surface area contributed by atoms with Crippen molar-refractivity contribution in [1.82, 2.24) is 8.94 Å². The normalized spacial score (nSPS) is 12.3. The van der Waals surface area contributed by atoms with E-state index < -0.39 is 0 Å². The lowest BCUT2D eigenvalue weighted by Crippen LogP contribution is -2.40. The third-order valence-electron chi connectivity index (χ3n) is 15.1. The SMILES string of the molecule is CCCCCCCCN(CCCCCCCC)c1ccc(Nc2snc(C)c2C#N)c(N(C(C)=O)C(CCCCCCC)CCCCCCc2ccc(N=Nc3c(C)cc(=O)n(CC(CC)CCCC)c3O)cc2)c1. The van der Waals surface area contributed by atoms with E-state index >= 15 is 0 Å². The van der Waals surface area contributed by atoms with Gasteiger partial charge in [0.25, 0.3) is 5.56 Å². The molecular weight excluding hydrogens is 949 g/mol. The molecule has 75 heavy (non-hydrogen) atoms. The number of nitrogens with one attached hydrogen (secondary N) is 1. The van der Waals surface area contributed by atoms with Crippen LogP contribution in [0.25, 0.3) is 0 Å². The highest BCUT2D eigenvalue weighted by Crippen LogP contribution is 2.39. The van der Waals surface area contributed by atoms with Crippen LogP contribution in [0.15, 0.2) is 63.6 Å². The Labute approximate surface area is 458 Å². The summed E-state index contributed by atoms with van der Waals surface area (Å²) in [6.07, 6.45) is 32.1. The molecule has 4 rings (SSSR count). The summed E-state index contributed by atoms with van der Waals surface area (Å²) in [7, 11) is 0. The number of nitrogens with zero attached hydrogens (tertiary/aromatic N) is 7. The van der Waals surface area contributed by atoms with E-state index in [2.05, 4.69) is 101 Å². The minimum absolute atomic E-state index is 0.0408. The number of aryl methyl sites for hydroxylation is 3. The van der Waals surface area contributed by atoms with Gasteiger partial charge in [-0.3, -0.25) is 14.2 Å². The molecule has 1 amide bonds. The minimum atomic E-state index is -0.208. The Morgan fingerprint density at radius 3 is 1.88 bits per heavy atom. The first-order chi connectivity index (χ1) is 36.5. The molecular formula is C63H98N8O3S. The summed E-state index contributed by atoms with van der Waals surface area (Å²) in [6.45, 7) is 19.0. The molecule has 11 nitrogen and oxygen atoms in total. The second kappa shape index (κ2) is 36.1. The van der Waals surface area contributed by atoms with Crippen LogP contribution in [-0.2, 0) is 17.8 Å². The lowest BCUT2D eigenvalue weighted by Gasteiger charge is -2.34. The zero-order valence-electron chi connectivity index (χ0n) is 48.0. The molecule has 0 spiro atoms. The predicted molar refractivity (Wildman–Crippen MR) is 318 cm³/mol. The summed E-state index contributed by atoms with van der Waals surface area (Å²) >= 11 is 1.31. The van der Waals surface area contributed by atoms with Crippen LogP contribution in [0, 0.1) is 31.1 Å². The van der Waals surface area contributed by atoms with Gasteiger partial charge in [0.05, 0.1) is 22.8 Å². The zero-order valence-corrected chi connectivity index (χ0v) is 48.8. The molecule has 414 valence electrons. The Morgan fingerprint density at radius 2 is 1.31 bits per heavy atom. The van der Waals surface area contributed by atoms with Crippen LogP contribution in [0.1, 0.15) is 237 Å². The van der Waals surface area contributed by atoms with Crippen LogP contribution in [0.3, 0.4) is 0 Å². The van der Waals surface area contributed by atoms with Gasteiger partial charge in [-0.2, -0.15) is 14.7 Å². The van der Waals surface area contributed by atoms with E-state index in [1.807, 2.05) is 19.1 Å². The van der Waals surface area contributed by atoms with Gasteiger partial charge in [0, 0.05) is 44.4 Å². The lowest BCUT2D eigenvalue weighted by molar-refractivity contribution is -0.117. The molecule has 2 N–H and O–H groups in total. The van der Waals surface area contributed by atoms with Crippen molar-refractivity contribution in [2.75, 3.05) is 28.2 Å². The van der Waals surface area contributed by atoms with Crippen LogP contribution < -0.4 is 20.7 Å². The van der Waals surface area contributed by atoms with E-state index in [0.29, 0.717) is 45.7 Å². The molecule has 0 saturated heterocycles. The number of amides is 1. The molecule has 12 heteroatoms. The molecule has 0 aliphatic carbocycles. The molecule has 0 aliphatic heterocycles. The topological polar surface area (TPSA) is 139 Å². The molecule has 4 aromatic rings. The van der Waals surface area contributed by atoms with Crippen LogP contribution in [0.5, 0.6) is 5.88 Å². The number of carbonyl (C=O) groups excluding carboxylic acids is 1. The number of nitriles is 1. The minimum Gasteiger partial charge on any atom is -0.493 e. The van der Waals surface area contributed by atoms with Gasteiger partial charge in [-0.25, -0.2) is 0 Å². The highest BCUT2D eigenvalue weighted by molar-refractivity contribution is 7.10. The monoisotopic (exact) mass is 1050 g/mol. The second-order valence-electron chi connectivity index (χ2n) is 21.4. The van der Waals surface area contributed by atoms with Crippen molar-refractivity contribution < 1.29 is 9.90 Å². The largest absolute Gasteiger partial charge is 0.493 e. The van der Waals surface area contributed by atoms with E-state index in [0.717, 1.165) is 121 Å². The summed E-state index contributed by atoms with van der Waals surface area (Å²) in [5.41, 5.74) is 6.84. The molecule has 2 aromatic carbocycles. The van der Waals surface area contributed by atoms with Crippen LogP contribution in [-0.4, -0.2) is 39.1 Å². The number of rotatable bonds is 40. The maximum Gasteiger partial charge on any atom is 0.253 e. The molecule has 2 unspecified atom stereocenters. The standard InChI is InChI=1S/C63H98N8O3S/c1-9-14-18-21-26-31-43-69(44-32-27-22-19-15-10-2)56-41-42-58(65-62-57(47-64)50(7)68-75-62)59(46-56)71(51(8)72)55(35-29-23-20-16-11-3)36-30-25-24-28-34-53-37-39-54(40-38-53)66-67-61-49(6)45-60(73)70(63(61)74)48-52(13-5)33-17-12-4/h37-42,45-46,52,55,65,74H,9-36,43-44,48H2,1-8H3. The van der Waals surface area contributed by atoms with Gasteiger partial charge in [-0.1, -0.05) is 182 Å². The van der Waals surface area contributed by atoms with Crippen LogP contribution >= 0.6 is 11.5 Å². The van der Waals surface area contributed by atoms with Crippen molar-refractivity contribution >= 4 is 50.9 Å². The van der Waals surface area contributed by atoms with Crippen molar-refractivity contribution in [3.63, 3.8) is 0 Å². The van der Waals surface area contributed by atoms with Crippen molar-refractivity contribution in [3.8, 4) is 11.9 Å². The van der Waals surface area contributed by atoms with Crippen molar-refractivity contribution in [1.29, 1.82) is 5.26 Å². The van der Waals surface area contributed by atoms with Gasteiger partial charge >= 0.3 is 0 Å². The third-order valence-corrected chi connectivity index (χ3v) is 16.0. The summed E-state index contributed by atoms with van der Waals surface area (Å²) in [5, 5.41) is 34.6. The summed E-state index contributed by atoms with van der Waals surface area (Å²) < 4.78 is 5.99. The Hall–Kier alpha value is -5.02. The molecule has 0 bridgehead atoms. The van der Waals surface area contributed by atoms with Gasteiger partial charge in [-0.15, -0.1) is 5.11 Å². The highest BCUT2D eigenvalue weighted by atomic mass is 32.1. The highest BCUT2D eigenvalue weighted by Gasteiger charge is 2.27. The maximum absolute atomic E-state index is 14.3. The number of unbranched alkanes of at least 4 members (excludes halogenated alkanes) is 18. The number of azo groups is 1. The second-order valence-corrected chi connectivity index (χ2v) is 22.1. The van der Waals surface area contributed by atoms with Crippen LogP contribution in [0.2, 0.25) is 0 Å². The molecule has 2 atom stereocenters. The number of aromatic hydroxyl groups is 1. The van der Waals surface area contributed by atoms with Crippen molar-refractivity contribution in [2.24, 2.45) is 16.1 Å². The molecule has 0 aliphatic rings.